The lowest BCUT2D eigenvalue weighted by Gasteiger charge is -2.04. The van der Waals surface area contributed by atoms with Crippen LogP contribution in [-0.4, -0.2) is 20.2 Å². The maximum atomic E-state index is 5.94. The Labute approximate surface area is 86.5 Å². The van der Waals surface area contributed by atoms with Crippen molar-refractivity contribution in [2.45, 2.75) is 12.3 Å². The SMILES string of the molecule is C[C@H](Cl)c1nnnn1-c1ccccc1. The number of alkyl halides is 1. The maximum absolute atomic E-state index is 5.94. The van der Waals surface area contributed by atoms with Gasteiger partial charge in [-0.25, -0.2) is 0 Å². The molecule has 1 atom stereocenters. The summed E-state index contributed by atoms with van der Waals surface area (Å²) >= 11 is 5.94. The van der Waals surface area contributed by atoms with E-state index in [9.17, 15) is 0 Å². The molecule has 2 rings (SSSR count). The zero-order valence-electron chi connectivity index (χ0n) is 7.63. The van der Waals surface area contributed by atoms with Gasteiger partial charge in [0.05, 0.1) is 11.1 Å². The van der Waals surface area contributed by atoms with Gasteiger partial charge in [-0.05, 0) is 29.5 Å². The summed E-state index contributed by atoms with van der Waals surface area (Å²) in [5, 5.41) is 11.1. The largest absolute Gasteiger partial charge is 0.196 e. The van der Waals surface area contributed by atoms with Gasteiger partial charge in [0.2, 0.25) is 0 Å². The predicted molar refractivity (Wildman–Crippen MR) is 53.4 cm³/mol. The fourth-order valence-electron chi connectivity index (χ4n) is 1.20. The van der Waals surface area contributed by atoms with Crippen molar-refractivity contribution in [2.75, 3.05) is 0 Å². The van der Waals surface area contributed by atoms with E-state index in [2.05, 4.69) is 15.5 Å². The van der Waals surface area contributed by atoms with Crippen LogP contribution in [0.5, 0.6) is 0 Å². The summed E-state index contributed by atoms with van der Waals surface area (Å²) in [5.74, 6) is 0.651. The Morgan fingerprint density at radius 1 is 1.29 bits per heavy atom. The Balaban J connectivity index is 2.47. The average molecular weight is 209 g/mol. The average Bonchev–Trinajstić information content (AvgIpc) is 2.67. The molecule has 2 aromatic rings. The predicted octanol–water partition coefficient (Wildman–Crippen LogP) is 1.96. The van der Waals surface area contributed by atoms with E-state index in [0.29, 0.717) is 5.82 Å². The monoisotopic (exact) mass is 208 g/mol. The second kappa shape index (κ2) is 3.75. The lowest BCUT2D eigenvalue weighted by Crippen LogP contribution is -2.03. The van der Waals surface area contributed by atoms with Gasteiger partial charge in [-0.2, -0.15) is 4.68 Å². The molecule has 0 amide bonds. The van der Waals surface area contributed by atoms with Crippen LogP contribution in [-0.2, 0) is 0 Å². The summed E-state index contributed by atoms with van der Waals surface area (Å²) < 4.78 is 1.64. The van der Waals surface area contributed by atoms with E-state index in [4.69, 9.17) is 11.6 Å². The normalized spacial score (nSPS) is 12.7. The zero-order valence-corrected chi connectivity index (χ0v) is 8.39. The Bertz CT molecular complexity index is 410. The fraction of sp³-hybridized carbons (Fsp3) is 0.222. The molecule has 1 heterocycles. The number of rotatable bonds is 2. The first-order chi connectivity index (χ1) is 6.79. The minimum absolute atomic E-state index is 0.204. The van der Waals surface area contributed by atoms with Crippen molar-refractivity contribution in [3.05, 3.63) is 36.2 Å². The smallest absolute Gasteiger partial charge is 0.174 e. The molecular formula is C9H9ClN4. The molecule has 4 nitrogen and oxygen atoms in total. The van der Waals surface area contributed by atoms with Gasteiger partial charge < -0.3 is 0 Å². The first kappa shape index (κ1) is 9.15. The number of hydrogen-bond donors (Lipinski definition) is 0. The number of nitrogens with zero attached hydrogens (tertiary/aromatic N) is 4. The van der Waals surface area contributed by atoms with Crippen LogP contribution < -0.4 is 0 Å². The molecule has 0 aliphatic heterocycles. The zero-order chi connectivity index (χ0) is 9.97. The van der Waals surface area contributed by atoms with E-state index in [1.165, 1.54) is 0 Å². The highest BCUT2D eigenvalue weighted by atomic mass is 35.5. The second-order valence-electron chi connectivity index (χ2n) is 2.90. The van der Waals surface area contributed by atoms with Crippen LogP contribution in [0.1, 0.15) is 18.1 Å². The number of tetrazole rings is 1. The third-order valence-corrected chi connectivity index (χ3v) is 2.05. The van der Waals surface area contributed by atoms with Gasteiger partial charge in [-0.1, -0.05) is 18.2 Å². The Morgan fingerprint density at radius 2 is 2.00 bits per heavy atom. The topological polar surface area (TPSA) is 43.6 Å². The molecule has 0 fully saturated rings. The third kappa shape index (κ3) is 1.61. The summed E-state index contributed by atoms with van der Waals surface area (Å²) in [6.45, 7) is 1.84. The summed E-state index contributed by atoms with van der Waals surface area (Å²) in [6, 6.07) is 9.66. The van der Waals surface area contributed by atoms with Crippen LogP contribution >= 0.6 is 11.6 Å². The van der Waals surface area contributed by atoms with Gasteiger partial charge >= 0.3 is 0 Å². The van der Waals surface area contributed by atoms with E-state index in [1.807, 2.05) is 37.3 Å². The minimum Gasteiger partial charge on any atom is -0.196 e. The Kier molecular flexibility index (Phi) is 2.45. The molecule has 0 aliphatic carbocycles. The highest BCUT2D eigenvalue weighted by Crippen LogP contribution is 2.18. The molecule has 0 N–H and O–H groups in total. The molecule has 0 saturated heterocycles. The Hall–Kier alpha value is -1.42. The highest BCUT2D eigenvalue weighted by molar-refractivity contribution is 6.20. The minimum atomic E-state index is -0.204. The molecule has 1 aromatic heterocycles. The van der Waals surface area contributed by atoms with Gasteiger partial charge in [-0.15, -0.1) is 16.7 Å². The molecular weight excluding hydrogens is 200 g/mol. The number of para-hydroxylation sites is 1. The molecule has 0 unspecified atom stereocenters. The van der Waals surface area contributed by atoms with E-state index >= 15 is 0 Å². The number of aromatic nitrogens is 4. The van der Waals surface area contributed by atoms with E-state index in [-0.39, 0.29) is 5.38 Å². The Morgan fingerprint density at radius 3 is 2.64 bits per heavy atom. The molecule has 0 aliphatic rings. The molecule has 0 radical (unpaired) electrons. The molecule has 0 spiro atoms. The van der Waals surface area contributed by atoms with Crippen LogP contribution in [0.15, 0.2) is 30.3 Å². The number of hydrogen-bond acceptors (Lipinski definition) is 3. The van der Waals surface area contributed by atoms with E-state index in [0.717, 1.165) is 5.69 Å². The summed E-state index contributed by atoms with van der Waals surface area (Å²) in [6.07, 6.45) is 0. The quantitative estimate of drug-likeness (QED) is 0.709. The third-order valence-electron chi connectivity index (χ3n) is 1.85. The van der Waals surface area contributed by atoms with Crippen LogP contribution in [0.3, 0.4) is 0 Å². The molecule has 0 saturated carbocycles. The van der Waals surface area contributed by atoms with Crippen molar-refractivity contribution in [1.82, 2.24) is 20.2 Å². The summed E-state index contributed by atoms with van der Waals surface area (Å²) in [7, 11) is 0. The molecule has 1 aromatic carbocycles. The first-order valence-electron chi connectivity index (χ1n) is 4.27. The first-order valence-corrected chi connectivity index (χ1v) is 4.70. The van der Waals surface area contributed by atoms with Gasteiger partial charge in [0.15, 0.2) is 5.82 Å². The lowest BCUT2D eigenvalue weighted by molar-refractivity contribution is 0.761. The second-order valence-corrected chi connectivity index (χ2v) is 3.56. The standard InChI is InChI=1S/C9H9ClN4/c1-7(10)9-11-12-13-14(9)8-5-3-2-4-6-8/h2-7H,1H3/t7-/m0/s1. The summed E-state index contributed by atoms with van der Waals surface area (Å²) in [5.41, 5.74) is 0.917. The van der Waals surface area contributed by atoms with Crippen molar-refractivity contribution >= 4 is 11.6 Å². The number of halogens is 1. The van der Waals surface area contributed by atoms with E-state index < -0.39 is 0 Å². The molecule has 72 valence electrons. The van der Waals surface area contributed by atoms with Crippen LogP contribution in [0.25, 0.3) is 5.69 Å². The highest BCUT2D eigenvalue weighted by Gasteiger charge is 2.12. The van der Waals surface area contributed by atoms with Gasteiger partial charge in [0.25, 0.3) is 0 Å². The maximum Gasteiger partial charge on any atom is 0.174 e. The lowest BCUT2D eigenvalue weighted by atomic mass is 10.3. The molecule has 5 heteroatoms. The number of benzene rings is 1. The van der Waals surface area contributed by atoms with Crippen LogP contribution in [0.2, 0.25) is 0 Å². The van der Waals surface area contributed by atoms with Crippen molar-refractivity contribution in [3.63, 3.8) is 0 Å². The van der Waals surface area contributed by atoms with Crippen LogP contribution in [0.4, 0.5) is 0 Å². The van der Waals surface area contributed by atoms with Gasteiger partial charge in [0, 0.05) is 0 Å². The van der Waals surface area contributed by atoms with Crippen molar-refractivity contribution in [3.8, 4) is 5.69 Å². The molecule has 0 bridgehead atoms. The van der Waals surface area contributed by atoms with Gasteiger partial charge in [0.1, 0.15) is 0 Å². The molecule has 14 heavy (non-hydrogen) atoms. The van der Waals surface area contributed by atoms with Crippen molar-refractivity contribution in [1.29, 1.82) is 0 Å². The summed E-state index contributed by atoms with van der Waals surface area (Å²) in [4.78, 5) is 0. The fourth-order valence-corrected chi connectivity index (χ4v) is 1.33. The van der Waals surface area contributed by atoms with Gasteiger partial charge in [-0.3, -0.25) is 0 Å². The van der Waals surface area contributed by atoms with Crippen molar-refractivity contribution in [2.24, 2.45) is 0 Å². The van der Waals surface area contributed by atoms with Crippen molar-refractivity contribution < 1.29 is 0 Å². The van der Waals surface area contributed by atoms with Crippen LogP contribution in [0, 0.1) is 0 Å². The van der Waals surface area contributed by atoms with E-state index in [1.54, 1.807) is 4.68 Å².